The fourth-order valence-corrected chi connectivity index (χ4v) is 1.61. The molecule has 100 valence electrons. The van der Waals surface area contributed by atoms with E-state index in [1.807, 2.05) is 0 Å². The molecular weight excluding hydrogens is 234 g/mol. The Labute approximate surface area is 106 Å². The molecule has 1 unspecified atom stereocenters. The van der Waals surface area contributed by atoms with Gasteiger partial charge in [0.25, 0.3) is 5.91 Å². The molecule has 1 fully saturated rings. The second-order valence-corrected chi connectivity index (χ2v) is 4.78. The van der Waals surface area contributed by atoms with E-state index in [0.717, 1.165) is 5.56 Å². The van der Waals surface area contributed by atoms with Crippen LogP contribution in [-0.4, -0.2) is 36.9 Å². The summed E-state index contributed by atoms with van der Waals surface area (Å²) in [5, 5.41) is 12.2. The van der Waals surface area contributed by atoms with Gasteiger partial charge in [-0.1, -0.05) is 0 Å². The van der Waals surface area contributed by atoms with Crippen molar-refractivity contribution in [3.05, 3.63) is 23.7 Å². The summed E-state index contributed by atoms with van der Waals surface area (Å²) in [7, 11) is 0. The Balaban J connectivity index is 1.63. The molecule has 0 aliphatic heterocycles. The number of nitrogens with one attached hydrogen (secondary N) is 1. The summed E-state index contributed by atoms with van der Waals surface area (Å²) in [5.74, 6) is 0.664. The van der Waals surface area contributed by atoms with Gasteiger partial charge in [-0.25, -0.2) is 0 Å². The van der Waals surface area contributed by atoms with E-state index in [0.29, 0.717) is 18.3 Å². The van der Waals surface area contributed by atoms with Crippen molar-refractivity contribution < 1.29 is 19.1 Å². The Morgan fingerprint density at radius 3 is 3.06 bits per heavy atom. The van der Waals surface area contributed by atoms with Crippen LogP contribution < -0.4 is 5.32 Å². The van der Waals surface area contributed by atoms with Crippen molar-refractivity contribution in [3.63, 3.8) is 0 Å². The highest BCUT2D eigenvalue weighted by molar-refractivity contribution is 5.92. The van der Waals surface area contributed by atoms with E-state index in [1.54, 1.807) is 13.0 Å². The Kier molecular flexibility index (Phi) is 4.38. The lowest BCUT2D eigenvalue weighted by atomic mass is 10.2. The number of ether oxygens (including phenoxy) is 1. The summed E-state index contributed by atoms with van der Waals surface area (Å²) < 4.78 is 10.4. The summed E-state index contributed by atoms with van der Waals surface area (Å²) in [6.45, 7) is 2.94. The smallest absolute Gasteiger partial charge is 0.287 e. The minimum atomic E-state index is -0.678. The molecule has 1 aromatic rings. The van der Waals surface area contributed by atoms with Crippen LogP contribution in [-0.2, 0) is 4.74 Å². The summed E-state index contributed by atoms with van der Waals surface area (Å²) in [5.41, 5.74) is 0.784. The van der Waals surface area contributed by atoms with Crippen molar-refractivity contribution in [2.75, 3.05) is 19.8 Å². The Bertz CT molecular complexity index is 397. The summed E-state index contributed by atoms with van der Waals surface area (Å²) >= 11 is 0. The topological polar surface area (TPSA) is 71.7 Å². The number of aryl methyl sites for hydroxylation is 1. The first kappa shape index (κ1) is 13.1. The number of amides is 1. The zero-order valence-electron chi connectivity index (χ0n) is 10.5. The second-order valence-electron chi connectivity index (χ2n) is 4.78. The summed E-state index contributed by atoms with van der Waals surface area (Å²) in [4.78, 5) is 11.7. The largest absolute Gasteiger partial charge is 0.459 e. The maximum Gasteiger partial charge on any atom is 0.287 e. The molecule has 18 heavy (non-hydrogen) atoms. The van der Waals surface area contributed by atoms with Gasteiger partial charge < -0.3 is 19.6 Å². The molecule has 5 heteroatoms. The lowest BCUT2D eigenvalue weighted by molar-refractivity contribution is 0.0318. The Morgan fingerprint density at radius 2 is 2.44 bits per heavy atom. The van der Waals surface area contributed by atoms with Crippen molar-refractivity contribution in [1.82, 2.24) is 5.32 Å². The van der Waals surface area contributed by atoms with E-state index in [2.05, 4.69) is 5.32 Å². The number of rotatable bonds is 7. The number of hydrogen-bond acceptors (Lipinski definition) is 4. The van der Waals surface area contributed by atoms with Gasteiger partial charge in [-0.3, -0.25) is 4.79 Å². The lowest BCUT2D eigenvalue weighted by Crippen LogP contribution is -2.34. The molecule has 0 spiro atoms. The van der Waals surface area contributed by atoms with E-state index in [1.165, 1.54) is 19.1 Å². The number of carbonyl (C=O) groups is 1. The van der Waals surface area contributed by atoms with Crippen LogP contribution in [0.4, 0.5) is 0 Å². The highest BCUT2D eigenvalue weighted by atomic mass is 16.5. The molecule has 2 rings (SSSR count). The zero-order valence-corrected chi connectivity index (χ0v) is 10.5. The maximum atomic E-state index is 11.7. The zero-order chi connectivity index (χ0) is 13.0. The first-order chi connectivity index (χ1) is 8.66. The molecule has 0 radical (unpaired) electrons. The molecule has 0 bridgehead atoms. The van der Waals surface area contributed by atoms with Crippen LogP contribution in [0, 0.1) is 12.8 Å². The molecular formula is C13H19NO4. The van der Waals surface area contributed by atoms with Crippen molar-refractivity contribution >= 4 is 5.91 Å². The number of furan rings is 1. The van der Waals surface area contributed by atoms with E-state index in [-0.39, 0.29) is 19.1 Å². The van der Waals surface area contributed by atoms with Gasteiger partial charge in [-0.05, 0) is 31.7 Å². The molecule has 1 atom stereocenters. The van der Waals surface area contributed by atoms with Crippen molar-refractivity contribution in [1.29, 1.82) is 0 Å². The fourth-order valence-electron chi connectivity index (χ4n) is 1.61. The highest BCUT2D eigenvalue weighted by Gasteiger charge is 2.21. The van der Waals surface area contributed by atoms with Crippen LogP contribution in [0.25, 0.3) is 0 Å². The third kappa shape index (κ3) is 3.85. The molecule has 1 heterocycles. The molecule has 1 amide bonds. The summed E-state index contributed by atoms with van der Waals surface area (Å²) in [6, 6.07) is 1.73. The van der Waals surface area contributed by atoms with Crippen LogP contribution in [0.5, 0.6) is 0 Å². The molecule has 2 N–H and O–H groups in total. The first-order valence-corrected chi connectivity index (χ1v) is 6.25. The molecule has 0 saturated heterocycles. The lowest BCUT2D eigenvalue weighted by Gasteiger charge is -2.11. The van der Waals surface area contributed by atoms with Crippen LogP contribution >= 0.6 is 0 Å². The number of carbonyl (C=O) groups excluding carboxylic acids is 1. The Hall–Kier alpha value is -1.33. The minimum absolute atomic E-state index is 0.170. The predicted molar refractivity (Wildman–Crippen MR) is 65.3 cm³/mol. The van der Waals surface area contributed by atoms with Gasteiger partial charge in [0.05, 0.1) is 19.0 Å². The first-order valence-electron chi connectivity index (χ1n) is 6.25. The molecule has 1 aromatic heterocycles. The normalized spacial score (nSPS) is 16.6. The molecule has 1 aliphatic rings. The second kappa shape index (κ2) is 6.02. The minimum Gasteiger partial charge on any atom is -0.459 e. The van der Waals surface area contributed by atoms with Gasteiger partial charge in [0.1, 0.15) is 0 Å². The number of aliphatic hydroxyl groups is 1. The van der Waals surface area contributed by atoms with Gasteiger partial charge in [-0.15, -0.1) is 0 Å². The van der Waals surface area contributed by atoms with Crippen LogP contribution in [0.15, 0.2) is 16.7 Å². The van der Waals surface area contributed by atoms with E-state index in [9.17, 15) is 9.90 Å². The standard InChI is InChI=1S/C13H19NO4/c1-9-4-5-18-12(9)13(16)14-6-11(15)8-17-7-10-2-3-10/h4-5,10-11,15H,2-3,6-8H2,1H3,(H,14,16). The van der Waals surface area contributed by atoms with Crippen molar-refractivity contribution in [2.45, 2.75) is 25.9 Å². The van der Waals surface area contributed by atoms with Crippen molar-refractivity contribution in [2.24, 2.45) is 5.92 Å². The van der Waals surface area contributed by atoms with Crippen LogP contribution in [0.3, 0.4) is 0 Å². The van der Waals surface area contributed by atoms with Crippen molar-refractivity contribution in [3.8, 4) is 0 Å². The van der Waals surface area contributed by atoms with Gasteiger partial charge in [-0.2, -0.15) is 0 Å². The number of hydrogen-bond donors (Lipinski definition) is 2. The van der Waals surface area contributed by atoms with E-state index in [4.69, 9.17) is 9.15 Å². The van der Waals surface area contributed by atoms with E-state index < -0.39 is 6.10 Å². The third-order valence-corrected chi connectivity index (χ3v) is 2.93. The van der Waals surface area contributed by atoms with Gasteiger partial charge in [0.15, 0.2) is 5.76 Å². The SMILES string of the molecule is Cc1ccoc1C(=O)NCC(O)COCC1CC1. The van der Waals surface area contributed by atoms with Gasteiger partial charge in [0, 0.05) is 18.7 Å². The average molecular weight is 253 g/mol. The molecule has 1 aliphatic carbocycles. The molecule has 0 aromatic carbocycles. The van der Waals surface area contributed by atoms with Crippen LogP contribution in [0.2, 0.25) is 0 Å². The Morgan fingerprint density at radius 1 is 1.67 bits per heavy atom. The molecule has 5 nitrogen and oxygen atoms in total. The third-order valence-electron chi connectivity index (χ3n) is 2.93. The highest BCUT2D eigenvalue weighted by Crippen LogP contribution is 2.28. The van der Waals surface area contributed by atoms with E-state index >= 15 is 0 Å². The predicted octanol–water partition coefficient (Wildman–Crippen LogP) is 1.11. The average Bonchev–Trinajstić information content (AvgIpc) is 3.07. The van der Waals surface area contributed by atoms with Gasteiger partial charge in [0.2, 0.25) is 0 Å². The summed E-state index contributed by atoms with van der Waals surface area (Å²) in [6.07, 6.45) is 3.25. The quantitative estimate of drug-likeness (QED) is 0.763. The fraction of sp³-hybridized carbons (Fsp3) is 0.615. The van der Waals surface area contributed by atoms with Crippen LogP contribution in [0.1, 0.15) is 29.0 Å². The molecule has 1 saturated carbocycles. The monoisotopic (exact) mass is 253 g/mol. The number of aliphatic hydroxyl groups excluding tert-OH is 1. The maximum absolute atomic E-state index is 11.7. The van der Waals surface area contributed by atoms with Gasteiger partial charge >= 0.3 is 0 Å².